The highest BCUT2D eigenvalue weighted by Gasteiger charge is 2.37. The van der Waals surface area contributed by atoms with E-state index in [2.05, 4.69) is 10.2 Å². The van der Waals surface area contributed by atoms with Crippen LogP contribution in [0.4, 0.5) is 0 Å². The van der Waals surface area contributed by atoms with Crippen molar-refractivity contribution in [2.45, 2.75) is 57.4 Å². The number of fused-ring (bicyclic) bond motifs is 2. The fourth-order valence-corrected chi connectivity index (χ4v) is 4.14. The lowest BCUT2D eigenvalue weighted by atomic mass is 10.0. The van der Waals surface area contributed by atoms with Crippen molar-refractivity contribution >= 4 is 9.84 Å². The van der Waals surface area contributed by atoms with Crippen LogP contribution < -0.4 is 5.32 Å². The summed E-state index contributed by atoms with van der Waals surface area (Å²) in [6, 6.07) is 0. The van der Waals surface area contributed by atoms with Gasteiger partial charge in [0.2, 0.25) is 0 Å². The van der Waals surface area contributed by atoms with Gasteiger partial charge in [0.05, 0.1) is 9.65 Å². The van der Waals surface area contributed by atoms with Crippen molar-refractivity contribution in [1.82, 2.24) is 10.2 Å². The summed E-state index contributed by atoms with van der Waals surface area (Å²) in [5.41, 5.74) is 2.56. The summed E-state index contributed by atoms with van der Waals surface area (Å²) in [5, 5.41) is 3.48. The summed E-state index contributed by atoms with van der Waals surface area (Å²) >= 11 is 0. The minimum absolute atomic E-state index is 0.0945. The van der Waals surface area contributed by atoms with E-state index < -0.39 is 14.6 Å². The second-order valence-corrected chi connectivity index (χ2v) is 9.34. The molecule has 0 radical (unpaired) electrons. The van der Waals surface area contributed by atoms with Gasteiger partial charge in [0.1, 0.15) is 6.17 Å². The quantitative estimate of drug-likeness (QED) is 0.807. The van der Waals surface area contributed by atoms with Crippen LogP contribution in [0.1, 0.15) is 46.5 Å². The molecular formula is C15H22N2O2S. The maximum absolute atomic E-state index is 12.6. The highest BCUT2D eigenvalue weighted by Crippen LogP contribution is 2.36. The molecular weight excluding hydrogens is 272 g/mol. The normalized spacial score (nSPS) is 26.1. The molecule has 0 bridgehead atoms. The molecule has 20 heavy (non-hydrogen) atoms. The summed E-state index contributed by atoms with van der Waals surface area (Å²) in [6.07, 6.45) is 10.1. The first-order valence-corrected chi connectivity index (χ1v) is 8.70. The molecule has 1 unspecified atom stereocenters. The van der Waals surface area contributed by atoms with Crippen molar-refractivity contribution in [3.8, 4) is 0 Å². The minimum atomic E-state index is -3.29. The summed E-state index contributed by atoms with van der Waals surface area (Å²) in [6.45, 7) is 5.24. The third-order valence-corrected chi connectivity index (χ3v) is 6.67. The minimum Gasteiger partial charge on any atom is -0.364 e. The first-order valence-electron chi connectivity index (χ1n) is 7.22. The average molecular weight is 294 g/mol. The third-order valence-electron chi connectivity index (χ3n) is 4.20. The fourth-order valence-electron chi connectivity index (χ4n) is 2.92. The van der Waals surface area contributed by atoms with Crippen LogP contribution in [-0.2, 0) is 9.84 Å². The van der Waals surface area contributed by atoms with Gasteiger partial charge >= 0.3 is 0 Å². The van der Waals surface area contributed by atoms with Gasteiger partial charge < -0.3 is 10.2 Å². The molecule has 110 valence electrons. The zero-order valence-corrected chi connectivity index (χ0v) is 13.1. The SMILES string of the molecule is CC(C)(C)S(=O)(=O)C1=CN2C3=C(CCCC3)NC2C=C1. The van der Waals surface area contributed by atoms with Crippen LogP contribution >= 0.6 is 0 Å². The van der Waals surface area contributed by atoms with Crippen LogP contribution in [0, 0.1) is 0 Å². The van der Waals surface area contributed by atoms with Crippen molar-refractivity contribution in [2.75, 3.05) is 0 Å². The number of hydrogen-bond acceptors (Lipinski definition) is 4. The predicted octanol–water partition coefficient (Wildman–Crippen LogP) is 2.63. The Bertz CT molecular complexity index is 621. The number of rotatable bonds is 1. The van der Waals surface area contributed by atoms with Crippen molar-refractivity contribution in [3.63, 3.8) is 0 Å². The molecule has 2 aliphatic heterocycles. The van der Waals surface area contributed by atoms with Crippen molar-refractivity contribution < 1.29 is 8.42 Å². The number of hydrogen-bond donors (Lipinski definition) is 1. The second kappa shape index (κ2) is 4.38. The molecule has 0 fully saturated rings. The molecule has 0 amide bonds. The van der Waals surface area contributed by atoms with E-state index in [1.165, 1.54) is 24.2 Å². The molecule has 4 nitrogen and oxygen atoms in total. The first kappa shape index (κ1) is 13.7. The highest BCUT2D eigenvalue weighted by atomic mass is 32.2. The smallest absolute Gasteiger partial charge is 0.184 e. The monoisotopic (exact) mass is 294 g/mol. The first-order chi connectivity index (χ1) is 9.30. The standard InChI is InChI=1S/C15H22N2O2S/c1-15(2,3)20(18,19)11-8-9-14-16-12-6-4-5-7-13(12)17(14)10-11/h8-10,14,16H,4-7H2,1-3H3. The molecule has 3 aliphatic rings. The van der Waals surface area contributed by atoms with Gasteiger partial charge in [-0.1, -0.05) is 0 Å². The summed E-state index contributed by atoms with van der Waals surface area (Å²) in [5.74, 6) is 0. The van der Waals surface area contributed by atoms with Crippen LogP contribution in [-0.4, -0.2) is 24.2 Å². The van der Waals surface area contributed by atoms with E-state index in [4.69, 9.17) is 0 Å². The predicted molar refractivity (Wildman–Crippen MR) is 80.2 cm³/mol. The molecule has 0 saturated carbocycles. The van der Waals surface area contributed by atoms with Gasteiger partial charge in [-0.05, 0) is 58.6 Å². The van der Waals surface area contributed by atoms with Crippen molar-refractivity contribution in [3.05, 3.63) is 34.7 Å². The average Bonchev–Trinajstić information content (AvgIpc) is 2.75. The van der Waals surface area contributed by atoms with Gasteiger partial charge in [0, 0.05) is 17.6 Å². The number of nitrogens with zero attached hydrogens (tertiary/aromatic N) is 1. The Morgan fingerprint density at radius 1 is 1.25 bits per heavy atom. The van der Waals surface area contributed by atoms with E-state index in [0.29, 0.717) is 4.91 Å². The maximum atomic E-state index is 12.6. The number of nitrogens with one attached hydrogen (secondary N) is 1. The Labute approximate surface area is 121 Å². The van der Waals surface area contributed by atoms with Gasteiger partial charge in [-0.2, -0.15) is 0 Å². The molecule has 1 atom stereocenters. The van der Waals surface area contributed by atoms with Gasteiger partial charge in [-0.25, -0.2) is 8.42 Å². The van der Waals surface area contributed by atoms with E-state index in [1.54, 1.807) is 26.8 Å². The van der Waals surface area contributed by atoms with E-state index >= 15 is 0 Å². The largest absolute Gasteiger partial charge is 0.364 e. The molecule has 0 aromatic rings. The van der Waals surface area contributed by atoms with Crippen LogP contribution in [0.2, 0.25) is 0 Å². The maximum Gasteiger partial charge on any atom is 0.184 e. The van der Waals surface area contributed by atoms with Gasteiger partial charge in [0.25, 0.3) is 0 Å². The lowest BCUT2D eigenvalue weighted by Crippen LogP contribution is -2.36. The lowest BCUT2D eigenvalue weighted by Gasteiger charge is -2.29. The van der Waals surface area contributed by atoms with E-state index in [9.17, 15) is 8.42 Å². The Kier molecular flexibility index (Phi) is 3.01. The molecule has 0 saturated heterocycles. The lowest BCUT2D eigenvalue weighted by molar-refractivity contribution is 0.386. The molecule has 1 N–H and O–H groups in total. The zero-order valence-electron chi connectivity index (χ0n) is 12.3. The zero-order chi connectivity index (χ0) is 14.5. The molecule has 1 aliphatic carbocycles. The molecule has 0 aromatic heterocycles. The molecule has 2 heterocycles. The molecule has 3 rings (SSSR count). The fraction of sp³-hybridized carbons (Fsp3) is 0.600. The molecule has 5 heteroatoms. The van der Waals surface area contributed by atoms with Gasteiger partial charge in [-0.3, -0.25) is 0 Å². The number of sulfone groups is 1. The van der Waals surface area contributed by atoms with E-state index in [-0.39, 0.29) is 6.17 Å². The van der Waals surface area contributed by atoms with Gasteiger partial charge in [0.15, 0.2) is 9.84 Å². The van der Waals surface area contributed by atoms with Crippen LogP contribution in [0.3, 0.4) is 0 Å². The number of allylic oxidation sites excluding steroid dienone is 3. The second-order valence-electron chi connectivity index (χ2n) is 6.64. The van der Waals surface area contributed by atoms with Crippen LogP contribution in [0.25, 0.3) is 0 Å². The third kappa shape index (κ3) is 1.99. The van der Waals surface area contributed by atoms with E-state index in [0.717, 1.165) is 12.8 Å². The van der Waals surface area contributed by atoms with Crippen LogP contribution in [0.15, 0.2) is 34.7 Å². The summed E-state index contributed by atoms with van der Waals surface area (Å²) in [4.78, 5) is 2.52. The Morgan fingerprint density at radius 3 is 2.65 bits per heavy atom. The van der Waals surface area contributed by atoms with Crippen molar-refractivity contribution in [2.24, 2.45) is 0 Å². The van der Waals surface area contributed by atoms with Crippen LogP contribution in [0.5, 0.6) is 0 Å². The highest BCUT2D eigenvalue weighted by molar-refractivity contribution is 7.96. The van der Waals surface area contributed by atoms with Crippen molar-refractivity contribution in [1.29, 1.82) is 0 Å². The Morgan fingerprint density at radius 2 is 1.95 bits per heavy atom. The topological polar surface area (TPSA) is 49.4 Å². The Hall–Kier alpha value is -1.23. The molecule has 0 spiro atoms. The summed E-state index contributed by atoms with van der Waals surface area (Å²) in [7, 11) is -3.29. The van der Waals surface area contributed by atoms with E-state index in [1.807, 2.05) is 12.3 Å². The Balaban J connectivity index is 1.98. The summed E-state index contributed by atoms with van der Waals surface area (Å²) < 4.78 is 24.4. The van der Waals surface area contributed by atoms with Gasteiger partial charge in [-0.15, -0.1) is 0 Å². The molecule has 0 aromatic carbocycles.